The molecule has 2 aromatic rings. The highest BCUT2D eigenvalue weighted by atomic mass is 79.9. The van der Waals surface area contributed by atoms with Crippen LogP contribution < -0.4 is 10.1 Å². The first kappa shape index (κ1) is 15.5. The average Bonchev–Trinajstić information content (AvgIpc) is 2.93. The number of hydrogen-bond donors (Lipinski definition) is 1. The number of carbonyl (C=O) groups is 1. The van der Waals surface area contributed by atoms with Gasteiger partial charge in [-0.15, -0.1) is 0 Å². The van der Waals surface area contributed by atoms with Gasteiger partial charge in [-0.25, -0.2) is 0 Å². The van der Waals surface area contributed by atoms with E-state index in [2.05, 4.69) is 26.3 Å². The number of aromatic nitrogens is 2. The summed E-state index contributed by atoms with van der Waals surface area (Å²) in [6, 6.07) is 5.23. The Morgan fingerprint density at radius 3 is 2.95 bits per heavy atom. The fraction of sp³-hybridized carbons (Fsp3) is 0.286. The molecule has 0 aliphatic heterocycles. The number of nitrogens with zero attached hydrogens (tertiary/aromatic N) is 2. The van der Waals surface area contributed by atoms with Crippen LogP contribution >= 0.6 is 15.9 Å². The highest BCUT2D eigenvalue weighted by Gasteiger charge is 2.12. The second-order valence-electron chi connectivity index (χ2n) is 4.28. The summed E-state index contributed by atoms with van der Waals surface area (Å²) >= 11 is 3.36. The predicted octanol–water partition coefficient (Wildman–Crippen LogP) is 2.55. The third kappa shape index (κ3) is 4.05. The lowest BCUT2D eigenvalue weighted by Crippen LogP contribution is -2.12. The van der Waals surface area contributed by atoms with E-state index in [9.17, 15) is 4.79 Å². The minimum atomic E-state index is -0.230. The number of anilines is 1. The third-order valence-electron chi connectivity index (χ3n) is 2.83. The van der Waals surface area contributed by atoms with Crippen molar-refractivity contribution in [2.75, 3.05) is 26.1 Å². The molecule has 1 aromatic carbocycles. The summed E-state index contributed by atoms with van der Waals surface area (Å²) in [5.74, 6) is 0.395. The van der Waals surface area contributed by atoms with Gasteiger partial charge >= 0.3 is 0 Å². The average molecular weight is 354 g/mol. The number of methoxy groups -OCH3 is 2. The molecule has 1 heterocycles. The predicted molar refractivity (Wildman–Crippen MR) is 82.8 cm³/mol. The second-order valence-corrected chi connectivity index (χ2v) is 5.14. The topological polar surface area (TPSA) is 65.4 Å². The lowest BCUT2D eigenvalue weighted by Gasteiger charge is -2.07. The fourth-order valence-corrected chi connectivity index (χ4v) is 2.17. The van der Waals surface area contributed by atoms with Crippen LogP contribution in [-0.4, -0.2) is 36.5 Å². The van der Waals surface area contributed by atoms with E-state index in [0.29, 0.717) is 34.6 Å². The fourth-order valence-electron chi connectivity index (χ4n) is 1.74. The van der Waals surface area contributed by atoms with Gasteiger partial charge in [0.15, 0.2) is 0 Å². The molecule has 21 heavy (non-hydrogen) atoms. The van der Waals surface area contributed by atoms with Gasteiger partial charge < -0.3 is 14.8 Å². The maximum Gasteiger partial charge on any atom is 0.257 e. The molecule has 1 aromatic heterocycles. The van der Waals surface area contributed by atoms with Crippen LogP contribution in [0, 0.1) is 0 Å². The van der Waals surface area contributed by atoms with Gasteiger partial charge in [0.1, 0.15) is 5.75 Å². The van der Waals surface area contributed by atoms with Gasteiger partial charge in [0.2, 0.25) is 0 Å². The lowest BCUT2D eigenvalue weighted by molar-refractivity contribution is 0.102. The number of hydrogen-bond acceptors (Lipinski definition) is 4. The van der Waals surface area contributed by atoms with Crippen LogP contribution in [0.15, 0.2) is 35.1 Å². The summed E-state index contributed by atoms with van der Waals surface area (Å²) in [5.41, 5.74) is 1.13. The van der Waals surface area contributed by atoms with E-state index in [1.165, 1.54) is 0 Å². The Kier molecular flexibility index (Phi) is 5.35. The molecule has 7 heteroatoms. The molecule has 0 spiro atoms. The van der Waals surface area contributed by atoms with E-state index in [4.69, 9.17) is 9.47 Å². The second kappa shape index (κ2) is 7.24. The Hall–Kier alpha value is -1.86. The number of rotatable bonds is 6. The number of nitrogens with one attached hydrogen (secondary N) is 1. The molecule has 0 atom stereocenters. The highest BCUT2D eigenvalue weighted by Crippen LogP contribution is 2.23. The van der Waals surface area contributed by atoms with Crippen molar-refractivity contribution in [1.82, 2.24) is 9.78 Å². The minimum Gasteiger partial charge on any atom is -0.497 e. The zero-order chi connectivity index (χ0) is 15.2. The molecular weight excluding hydrogens is 338 g/mol. The molecule has 0 bridgehead atoms. The van der Waals surface area contributed by atoms with Crippen LogP contribution in [0.4, 0.5) is 5.69 Å². The molecule has 0 saturated carbocycles. The van der Waals surface area contributed by atoms with Gasteiger partial charge in [-0.1, -0.05) is 0 Å². The van der Waals surface area contributed by atoms with Gasteiger partial charge in [-0.3, -0.25) is 9.48 Å². The lowest BCUT2D eigenvalue weighted by atomic mass is 10.2. The Morgan fingerprint density at radius 2 is 2.24 bits per heavy atom. The summed E-state index contributed by atoms with van der Waals surface area (Å²) in [6.07, 6.45) is 3.35. The first-order chi connectivity index (χ1) is 10.1. The zero-order valence-corrected chi connectivity index (χ0v) is 13.4. The maximum absolute atomic E-state index is 12.3. The molecule has 0 fully saturated rings. The molecule has 0 unspecified atom stereocenters. The summed E-state index contributed by atoms with van der Waals surface area (Å²) in [6.45, 7) is 1.20. The third-order valence-corrected chi connectivity index (χ3v) is 3.53. The van der Waals surface area contributed by atoms with Gasteiger partial charge in [0, 0.05) is 17.8 Å². The van der Waals surface area contributed by atoms with Crippen molar-refractivity contribution in [3.8, 4) is 5.75 Å². The monoisotopic (exact) mass is 353 g/mol. The van der Waals surface area contributed by atoms with E-state index >= 15 is 0 Å². The first-order valence-electron chi connectivity index (χ1n) is 6.30. The van der Waals surface area contributed by atoms with Crippen molar-refractivity contribution in [1.29, 1.82) is 0 Å². The SMILES string of the molecule is COCCn1cc(NC(=O)c2cc(OC)ccc2Br)cn1. The van der Waals surface area contributed by atoms with Crippen LogP contribution in [0.5, 0.6) is 5.75 Å². The largest absolute Gasteiger partial charge is 0.497 e. The molecular formula is C14H16BrN3O3. The van der Waals surface area contributed by atoms with Gasteiger partial charge in [0.05, 0.1) is 37.7 Å². The van der Waals surface area contributed by atoms with Crippen molar-refractivity contribution >= 4 is 27.5 Å². The van der Waals surface area contributed by atoms with Crippen LogP contribution in [0.25, 0.3) is 0 Å². The summed E-state index contributed by atoms with van der Waals surface area (Å²) in [7, 11) is 3.19. The molecule has 0 radical (unpaired) electrons. The highest BCUT2D eigenvalue weighted by molar-refractivity contribution is 9.10. The Morgan fingerprint density at radius 1 is 1.43 bits per heavy atom. The van der Waals surface area contributed by atoms with E-state index in [1.807, 2.05) is 0 Å². The van der Waals surface area contributed by atoms with E-state index < -0.39 is 0 Å². The molecule has 6 nitrogen and oxygen atoms in total. The summed E-state index contributed by atoms with van der Waals surface area (Å²) in [5, 5.41) is 6.94. The summed E-state index contributed by atoms with van der Waals surface area (Å²) < 4.78 is 12.5. The van der Waals surface area contributed by atoms with E-state index in [0.717, 1.165) is 0 Å². The van der Waals surface area contributed by atoms with E-state index in [-0.39, 0.29) is 5.91 Å². The van der Waals surface area contributed by atoms with Crippen LogP contribution in [0.2, 0.25) is 0 Å². The Bertz CT molecular complexity index is 628. The van der Waals surface area contributed by atoms with Crippen LogP contribution in [0.1, 0.15) is 10.4 Å². The molecule has 112 valence electrons. The normalized spacial score (nSPS) is 10.4. The minimum absolute atomic E-state index is 0.230. The number of benzene rings is 1. The number of halogens is 1. The van der Waals surface area contributed by atoms with Crippen LogP contribution in [0.3, 0.4) is 0 Å². The number of amides is 1. The molecule has 0 aliphatic carbocycles. The van der Waals surface area contributed by atoms with Gasteiger partial charge in [-0.2, -0.15) is 5.10 Å². The van der Waals surface area contributed by atoms with Crippen molar-refractivity contribution in [2.24, 2.45) is 0 Å². The number of carbonyl (C=O) groups excluding carboxylic acids is 1. The standard InChI is InChI=1S/C14H16BrN3O3/c1-20-6-5-18-9-10(8-16-18)17-14(19)12-7-11(21-2)3-4-13(12)15/h3-4,7-9H,5-6H2,1-2H3,(H,17,19). The van der Waals surface area contributed by atoms with Crippen molar-refractivity contribution in [2.45, 2.75) is 6.54 Å². The molecule has 1 amide bonds. The molecule has 0 saturated heterocycles. The Balaban J connectivity index is 2.09. The van der Waals surface area contributed by atoms with Gasteiger partial charge in [-0.05, 0) is 34.1 Å². The number of ether oxygens (including phenoxy) is 2. The van der Waals surface area contributed by atoms with Crippen LogP contribution in [-0.2, 0) is 11.3 Å². The van der Waals surface area contributed by atoms with E-state index in [1.54, 1.807) is 49.5 Å². The Labute approximate surface area is 131 Å². The maximum atomic E-state index is 12.3. The van der Waals surface area contributed by atoms with Crippen molar-refractivity contribution < 1.29 is 14.3 Å². The first-order valence-corrected chi connectivity index (χ1v) is 7.09. The molecule has 2 rings (SSSR count). The quantitative estimate of drug-likeness (QED) is 0.866. The molecule has 0 aliphatic rings. The smallest absolute Gasteiger partial charge is 0.257 e. The summed E-state index contributed by atoms with van der Waals surface area (Å²) in [4.78, 5) is 12.3. The van der Waals surface area contributed by atoms with Crippen molar-refractivity contribution in [3.05, 3.63) is 40.6 Å². The van der Waals surface area contributed by atoms with Crippen molar-refractivity contribution in [3.63, 3.8) is 0 Å². The zero-order valence-electron chi connectivity index (χ0n) is 11.8. The van der Waals surface area contributed by atoms with Gasteiger partial charge in [0.25, 0.3) is 5.91 Å². The molecule has 1 N–H and O–H groups in total.